The number of benzene rings is 2. The predicted octanol–water partition coefficient (Wildman–Crippen LogP) is 7.70. The summed E-state index contributed by atoms with van der Waals surface area (Å²) >= 11 is 2.29. The van der Waals surface area contributed by atoms with E-state index in [-0.39, 0.29) is 6.07 Å². The minimum Gasteiger partial charge on any atom is -0.218 e. The fraction of sp³-hybridized carbons (Fsp3) is 0.250. The zero-order valence-electron chi connectivity index (χ0n) is 13.3. The Kier molecular flexibility index (Phi) is 5.72. The molecule has 2 aromatic rings. The van der Waals surface area contributed by atoms with E-state index in [1.165, 1.54) is 0 Å². The molecule has 13 heteroatoms. The van der Waals surface area contributed by atoms with Gasteiger partial charge in [0.2, 0.25) is 0 Å². The van der Waals surface area contributed by atoms with Crippen LogP contribution in [0.2, 0.25) is 0 Å². The highest BCUT2D eigenvalue weighted by molar-refractivity contribution is 9.10. The topological polar surface area (TPSA) is 0 Å². The van der Waals surface area contributed by atoms with Crippen LogP contribution >= 0.6 is 15.9 Å². The molecule has 0 aliphatic carbocycles. The Bertz CT molecular complexity index is 889. The molecule has 0 bridgehead atoms. The number of hydrogen-bond acceptors (Lipinski definition) is 0. The van der Waals surface area contributed by atoms with Crippen molar-refractivity contribution in [1.82, 2.24) is 0 Å². The molecule has 0 atom stereocenters. The number of alkyl halides is 10. The van der Waals surface area contributed by atoms with Crippen LogP contribution in [-0.4, -0.2) is 12.4 Å². The third-order valence-corrected chi connectivity index (χ3v) is 4.41. The van der Waals surface area contributed by atoms with Gasteiger partial charge in [-0.1, -0.05) is 22.0 Å². The average Bonchev–Trinajstić information content (AvgIpc) is 2.51. The number of hydrogen-bond donors (Lipinski definition) is 0. The summed E-state index contributed by atoms with van der Waals surface area (Å²) in [5, 5.41) is 0. The van der Waals surface area contributed by atoms with E-state index in [9.17, 15) is 52.7 Å². The van der Waals surface area contributed by atoms with Crippen LogP contribution in [0.1, 0.15) is 11.1 Å². The normalized spacial score (nSPS) is 13.7. The molecule has 0 aromatic heterocycles. The van der Waals surface area contributed by atoms with E-state index in [0.29, 0.717) is 18.2 Å². The molecule has 0 amide bonds. The first-order chi connectivity index (χ1) is 12.9. The zero-order valence-corrected chi connectivity index (χ0v) is 14.9. The minimum absolute atomic E-state index is 0.0160. The van der Waals surface area contributed by atoms with Gasteiger partial charge in [0.05, 0.1) is 11.1 Å². The lowest BCUT2D eigenvalue weighted by atomic mass is 9.85. The van der Waals surface area contributed by atoms with Gasteiger partial charge in [0.1, 0.15) is 11.6 Å². The second-order valence-electron chi connectivity index (χ2n) is 5.63. The largest absolute Gasteiger partial charge is 0.435 e. The van der Waals surface area contributed by atoms with Crippen molar-refractivity contribution in [3.63, 3.8) is 0 Å². The van der Waals surface area contributed by atoms with E-state index in [1.807, 2.05) is 0 Å². The lowest BCUT2D eigenvalue weighted by Gasteiger charge is -2.33. The summed E-state index contributed by atoms with van der Waals surface area (Å²) in [5.74, 6) is -3.45. The van der Waals surface area contributed by atoms with Crippen LogP contribution in [0.3, 0.4) is 0 Å². The quantitative estimate of drug-likeness (QED) is 0.367. The van der Waals surface area contributed by atoms with E-state index in [4.69, 9.17) is 0 Å². The minimum atomic E-state index is -6.81. The number of rotatable bonds is 2. The lowest BCUT2D eigenvalue weighted by molar-refractivity contribution is -0.348. The first-order valence-electron chi connectivity index (χ1n) is 7.11. The van der Waals surface area contributed by atoms with Gasteiger partial charge in [-0.3, -0.25) is 0 Å². The third-order valence-electron chi connectivity index (χ3n) is 3.78. The van der Waals surface area contributed by atoms with Crippen molar-refractivity contribution in [2.75, 3.05) is 0 Å². The van der Waals surface area contributed by atoms with Gasteiger partial charge >= 0.3 is 24.2 Å². The molecular weight excluding hydrogens is 500 g/mol. The van der Waals surface area contributed by atoms with Crippen LogP contribution in [0.25, 0.3) is 11.1 Å². The summed E-state index contributed by atoms with van der Waals surface area (Å²) in [6, 6.07) is 0.758. The Morgan fingerprint density at radius 3 is 1.48 bits per heavy atom. The van der Waals surface area contributed by atoms with Crippen LogP contribution in [0.15, 0.2) is 34.8 Å². The van der Waals surface area contributed by atoms with Gasteiger partial charge in [-0.05, 0) is 24.3 Å². The van der Waals surface area contributed by atoms with Gasteiger partial charge in [0.15, 0.2) is 0 Å². The van der Waals surface area contributed by atoms with Gasteiger partial charge in [0.25, 0.3) is 0 Å². The molecule has 0 unspecified atom stereocenters. The molecule has 0 spiro atoms. The maximum atomic E-state index is 14.6. The van der Waals surface area contributed by atoms with Gasteiger partial charge in [-0.25, -0.2) is 13.2 Å². The second kappa shape index (κ2) is 7.10. The van der Waals surface area contributed by atoms with Gasteiger partial charge < -0.3 is 0 Å². The van der Waals surface area contributed by atoms with Crippen molar-refractivity contribution in [1.29, 1.82) is 0 Å². The van der Waals surface area contributed by atoms with Crippen LogP contribution in [-0.2, 0) is 11.8 Å². The SMILES string of the molecule is Fc1cccc(F)c1-c1c(Br)cc(C(F)(F)F)cc1C(F)(C(F)(F)F)C(F)(F)F. The molecule has 2 aromatic carbocycles. The lowest BCUT2D eigenvalue weighted by Crippen LogP contribution is -2.50. The molecule has 2 rings (SSSR count). The molecule has 0 saturated carbocycles. The first kappa shape index (κ1) is 23.4. The van der Waals surface area contributed by atoms with Crippen molar-refractivity contribution in [3.8, 4) is 11.1 Å². The third kappa shape index (κ3) is 3.92. The summed E-state index contributed by atoms with van der Waals surface area (Å²) in [4.78, 5) is 0. The molecule has 0 aliphatic rings. The number of halogens is 13. The van der Waals surface area contributed by atoms with Crippen molar-refractivity contribution < 1.29 is 52.7 Å². The molecule has 0 radical (unpaired) electrons. The van der Waals surface area contributed by atoms with E-state index in [2.05, 4.69) is 15.9 Å². The average molecular weight is 505 g/mol. The van der Waals surface area contributed by atoms with E-state index in [0.717, 1.165) is 0 Å². The summed E-state index contributed by atoms with van der Waals surface area (Å²) < 4.78 is 159. The predicted molar refractivity (Wildman–Crippen MR) is 79.4 cm³/mol. The summed E-state index contributed by atoms with van der Waals surface area (Å²) in [5.41, 5.74) is -14.4. The Labute approximate surface area is 162 Å². The monoisotopic (exact) mass is 504 g/mol. The highest BCUT2D eigenvalue weighted by atomic mass is 79.9. The van der Waals surface area contributed by atoms with Crippen LogP contribution in [0.4, 0.5) is 52.7 Å². The van der Waals surface area contributed by atoms with Crippen LogP contribution in [0.5, 0.6) is 0 Å². The standard InChI is InChI=1S/C16H5BrF12/c17-8-5-6(14(21,22)23)4-7(13(20,15(24,25)26)16(27,28)29)11(8)12-9(18)2-1-3-10(12)19/h1-5H. The molecule has 0 fully saturated rings. The van der Waals surface area contributed by atoms with Crippen LogP contribution < -0.4 is 0 Å². The molecule has 0 nitrogen and oxygen atoms in total. The fourth-order valence-corrected chi connectivity index (χ4v) is 3.16. The molecule has 29 heavy (non-hydrogen) atoms. The van der Waals surface area contributed by atoms with Crippen molar-refractivity contribution in [3.05, 3.63) is 57.6 Å². The van der Waals surface area contributed by atoms with E-state index >= 15 is 0 Å². The van der Waals surface area contributed by atoms with Crippen molar-refractivity contribution in [2.45, 2.75) is 24.2 Å². The Morgan fingerprint density at radius 1 is 0.655 bits per heavy atom. The van der Waals surface area contributed by atoms with Crippen LogP contribution in [0, 0.1) is 11.6 Å². The summed E-state index contributed by atoms with van der Waals surface area (Å²) in [7, 11) is 0. The van der Waals surface area contributed by atoms with Gasteiger partial charge in [0, 0.05) is 15.6 Å². The maximum Gasteiger partial charge on any atom is 0.435 e. The molecule has 0 N–H and O–H groups in total. The maximum absolute atomic E-state index is 14.6. The molecule has 0 aliphatic heterocycles. The second-order valence-corrected chi connectivity index (χ2v) is 6.48. The molecule has 0 saturated heterocycles. The van der Waals surface area contributed by atoms with E-state index < -0.39 is 68.6 Å². The Hall–Kier alpha value is -1.92. The van der Waals surface area contributed by atoms with Crippen molar-refractivity contribution in [2.24, 2.45) is 0 Å². The molecule has 160 valence electrons. The highest BCUT2D eigenvalue weighted by Crippen LogP contribution is 2.57. The van der Waals surface area contributed by atoms with Crippen molar-refractivity contribution >= 4 is 15.9 Å². The molecule has 0 heterocycles. The zero-order chi connectivity index (χ0) is 22.6. The van der Waals surface area contributed by atoms with Gasteiger partial charge in [-0.2, -0.15) is 39.5 Å². The first-order valence-corrected chi connectivity index (χ1v) is 7.90. The van der Waals surface area contributed by atoms with Gasteiger partial charge in [-0.15, -0.1) is 0 Å². The Balaban J connectivity index is 3.12. The smallest absolute Gasteiger partial charge is 0.218 e. The molecular formula is C16H5BrF12. The summed E-state index contributed by atoms with van der Waals surface area (Å²) in [6.45, 7) is 0. The van der Waals surface area contributed by atoms with E-state index in [1.54, 1.807) is 0 Å². The fourth-order valence-electron chi connectivity index (χ4n) is 2.50. The highest BCUT2D eigenvalue weighted by Gasteiger charge is 2.74. The summed E-state index contributed by atoms with van der Waals surface area (Å²) in [6.07, 6.45) is -19.1. The Morgan fingerprint density at radius 2 is 1.10 bits per heavy atom.